The SMILES string of the molecule is CCOC(O)C1(CCN)CCCCCC1. The molecule has 1 atom stereocenters. The van der Waals surface area contributed by atoms with Crippen molar-refractivity contribution < 1.29 is 9.84 Å². The minimum atomic E-state index is -0.621. The number of hydrogen-bond acceptors (Lipinski definition) is 3. The number of aliphatic hydroxyl groups is 1. The van der Waals surface area contributed by atoms with Gasteiger partial charge in [-0.25, -0.2) is 0 Å². The van der Waals surface area contributed by atoms with Gasteiger partial charge < -0.3 is 15.6 Å². The van der Waals surface area contributed by atoms with E-state index < -0.39 is 6.29 Å². The molecule has 3 nitrogen and oxygen atoms in total. The summed E-state index contributed by atoms with van der Waals surface area (Å²) >= 11 is 0. The Bertz CT molecular complexity index is 165. The highest BCUT2D eigenvalue weighted by Crippen LogP contribution is 2.41. The maximum atomic E-state index is 10.1. The summed E-state index contributed by atoms with van der Waals surface area (Å²) in [5, 5.41) is 10.1. The van der Waals surface area contributed by atoms with Gasteiger partial charge in [0.05, 0.1) is 0 Å². The first-order valence-corrected chi connectivity index (χ1v) is 6.25. The molecule has 1 unspecified atom stereocenters. The fraction of sp³-hybridized carbons (Fsp3) is 1.00. The van der Waals surface area contributed by atoms with Gasteiger partial charge >= 0.3 is 0 Å². The lowest BCUT2D eigenvalue weighted by Crippen LogP contribution is -2.38. The van der Waals surface area contributed by atoms with E-state index in [4.69, 9.17) is 10.5 Å². The maximum absolute atomic E-state index is 10.1. The van der Waals surface area contributed by atoms with Crippen molar-refractivity contribution in [2.45, 2.75) is 58.2 Å². The number of ether oxygens (including phenoxy) is 1. The molecule has 0 saturated heterocycles. The predicted molar refractivity (Wildman–Crippen MR) is 61.4 cm³/mol. The summed E-state index contributed by atoms with van der Waals surface area (Å²) < 4.78 is 5.39. The highest BCUT2D eigenvalue weighted by atomic mass is 16.6. The second-order valence-corrected chi connectivity index (χ2v) is 4.62. The molecule has 0 bridgehead atoms. The minimum absolute atomic E-state index is 0.0682. The van der Waals surface area contributed by atoms with E-state index in [0.29, 0.717) is 13.2 Å². The minimum Gasteiger partial charge on any atom is -0.367 e. The zero-order valence-corrected chi connectivity index (χ0v) is 9.87. The zero-order chi connectivity index (χ0) is 11.1. The van der Waals surface area contributed by atoms with Crippen LogP contribution < -0.4 is 5.73 Å². The first kappa shape index (κ1) is 12.9. The molecule has 3 N–H and O–H groups in total. The Morgan fingerprint density at radius 2 is 1.87 bits per heavy atom. The fourth-order valence-electron chi connectivity index (χ4n) is 2.68. The van der Waals surface area contributed by atoms with Crippen LogP contribution in [0, 0.1) is 5.41 Å². The summed E-state index contributed by atoms with van der Waals surface area (Å²) in [7, 11) is 0. The molecule has 3 heteroatoms. The third kappa shape index (κ3) is 3.44. The number of hydrogen-bond donors (Lipinski definition) is 2. The van der Waals surface area contributed by atoms with Gasteiger partial charge in [-0.2, -0.15) is 0 Å². The number of aliphatic hydroxyl groups excluding tert-OH is 1. The van der Waals surface area contributed by atoms with Gasteiger partial charge in [0, 0.05) is 12.0 Å². The quantitative estimate of drug-likeness (QED) is 0.545. The molecule has 1 saturated carbocycles. The Hall–Kier alpha value is -0.120. The standard InChI is InChI=1S/C12H25NO2/c1-2-15-11(14)12(9-10-13)7-5-3-4-6-8-12/h11,14H,2-10,13H2,1H3. The van der Waals surface area contributed by atoms with Crippen LogP contribution in [0.5, 0.6) is 0 Å². The molecular weight excluding hydrogens is 190 g/mol. The van der Waals surface area contributed by atoms with Gasteiger partial charge in [-0.05, 0) is 32.7 Å². The highest BCUT2D eigenvalue weighted by Gasteiger charge is 2.37. The van der Waals surface area contributed by atoms with Crippen LogP contribution in [0.3, 0.4) is 0 Å². The lowest BCUT2D eigenvalue weighted by Gasteiger charge is -2.36. The molecule has 1 aliphatic carbocycles. The summed E-state index contributed by atoms with van der Waals surface area (Å²) in [4.78, 5) is 0. The smallest absolute Gasteiger partial charge is 0.160 e. The van der Waals surface area contributed by atoms with Crippen molar-refractivity contribution in [3.63, 3.8) is 0 Å². The highest BCUT2D eigenvalue weighted by molar-refractivity contribution is 4.84. The average Bonchev–Trinajstić information content (AvgIpc) is 2.45. The van der Waals surface area contributed by atoms with Crippen LogP contribution in [-0.4, -0.2) is 24.5 Å². The van der Waals surface area contributed by atoms with Gasteiger partial charge in [0.1, 0.15) is 0 Å². The zero-order valence-electron chi connectivity index (χ0n) is 9.87. The predicted octanol–water partition coefficient (Wildman–Crippen LogP) is 2.03. The molecule has 15 heavy (non-hydrogen) atoms. The van der Waals surface area contributed by atoms with Crippen LogP contribution in [-0.2, 0) is 4.74 Å². The Morgan fingerprint density at radius 1 is 1.27 bits per heavy atom. The third-order valence-corrected chi connectivity index (χ3v) is 3.59. The Kier molecular flexibility index (Phi) is 5.58. The summed E-state index contributed by atoms with van der Waals surface area (Å²) in [6, 6.07) is 0. The van der Waals surface area contributed by atoms with Crippen LogP contribution >= 0.6 is 0 Å². The first-order chi connectivity index (χ1) is 7.25. The monoisotopic (exact) mass is 215 g/mol. The van der Waals surface area contributed by atoms with Gasteiger partial charge in [-0.15, -0.1) is 0 Å². The summed E-state index contributed by atoms with van der Waals surface area (Å²) in [6.45, 7) is 3.15. The van der Waals surface area contributed by atoms with E-state index in [1.165, 1.54) is 25.7 Å². The molecule has 0 aromatic carbocycles. The van der Waals surface area contributed by atoms with E-state index in [0.717, 1.165) is 19.3 Å². The van der Waals surface area contributed by atoms with Gasteiger partial charge in [-0.1, -0.05) is 25.7 Å². The van der Waals surface area contributed by atoms with Crippen LogP contribution in [0.4, 0.5) is 0 Å². The second kappa shape index (κ2) is 6.46. The van der Waals surface area contributed by atoms with Gasteiger partial charge in [-0.3, -0.25) is 0 Å². The van der Waals surface area contributed by atoms with Crippen molar-refractivity contribution in [2.75, 3.05) is 13.2 Å². The summed E-state index contributed by atoms with van der Waals surface area (Å²) in [5.41, 5.74) is 5.59. The fourth-order valence-corrected chi connectivity index (χ4v) is 2.68. The molecule has 0 aromatic heterocycles. The summed E-state index contributed by atoms with van der Waals surface area (Å²) in [6.07, 6.45) is 7.35. The Labute approximate surface area is 93.0 Å². The number of rotatable bonds is 5. The molecule has 1 aliphatic rings. The molecule has 0 heterocycles. The molecule has 0 amide bonds. The molecular formula is C12H25NO2. The van der Waals surface area contributed by atoms with Crippen molar-refractivity contribution in [1.29, 1.82) is 0 Å². The molecule has 0 aliphatic heterocycles. The average molecular weight is 215 g/mol. The van der Waals surface area contributed by atoms with Crippen LogP contribution in [0.25, 0.3) is 0 Å². The maximum Gasteiger partial charge on any atom is 0.160 e. The normalized spacial score (nSPS) is 23.4. The van der Waals surface area contributed by atoms with Gasteiger partial charge in [0.2, 0.25) is 0 Å². The topological polar surface area (TPSA) is 55.5 Å². The molecule has 90 valence electrons. The Morgan fingerprint density at radius 3 is 2.33 bits per heavy atom. The van der Waals surface area contributed by atoms with Gasteiger partial charge in [0.25, 0.3) is 0 Å². The second-order valence-electron chi connectivity index (χ2n) is 4.62. The van der Waals surface area contributed by atoms with E-state index in [-0.39, 0.29) is 5.41 Å². The first-order valence-electron chi connectivity index (χ1n) is 6.25. The van der Waals surface area contributed by atoms with Crippen molar-refractivity contribution >= 4 is 0 Å². The molecule has 1 rings (SSSR count). The van der Waals surface area contributed by atoms with Crippen molar-refractivity contribution in [1.82, 2.24) is 0 Å². The van der Waals surface area contributed by atoms with Crippen LogP contribution in [0.2, 0.25) is 0 Å². The van der Waals surface area contributed by atoms with Crippen molar-refractivity contribution in [2.24, 2.45) is 11.1 Å². The van der Waals surface area contributed by atoms with E-state index >= 15 is 0 Å². The van der Waals surface area contributed by atoms with Crippen LogP contribution in [0.1, 0.15) is 51.9 Å². The van der Waals surface area contributed by atoms with Crippen LogP contribution in [0.15, 0.2) is 0 Å². The molecule has 1 fully saturated rings. The third-order valence-electron chi connectivity index (χ3n) is 3.59. The summed E-state index contributed by atoms with van der Waals surface area (Å²) in [5.74, 6) is 0. The molecule has 0 aromatic rings. The van der Waals surface area contributed by atoms with Gasteiger partial charge in [0.15, 0.2) is 6.29 Å². The molecule has 0 spiro atoms. The largest absolute Gasteiger partial charge is 0.367 e. The lowest BCUT2D eigenvalue weighted by molar-refractivity contribution is -0.179. The van der Waals surface area contributed by atoms with Crippen molar-refractivity contribution in [3.8, 4) is 0 Å². The van der Waals surface area contributed by atoms with E-state index in [1.807, 2.05) is 6.92 Å². The lowest BCUT2D eigenvalue weighted by atomic mass is 9.76. The molecule has 0 radical (unpaired) electrons. The Balaban J connectivity index is 2.65. The van der Waals surface area contributed by atoms with E-state index in [2.05, 4.69) is 0 Å². The van der Waals surface area contributed by atoms with Crippen molar-refractivity contribution in [3.05, 3.63) is 0 Å². The van der Waals surface area contributed by atoms with E-state index in [9.17, 15) is 5.11 Å². The number of nitrogens with two attached hydrogens (primary N) is 1. The van der Waals surface area contributed by atoms with E-state index in [1.54, 1.807) is 0 Å².